The normalized spacial score (nSPS) is 20.6. The molecule has 0 spiro atoms. The first-order valence-electron chi connectivity index (χ1n) is 9.75. The van der Waals surface area contributed by atoms with Gasteiger partial charge in [0, 0.05) is 53.5 Å². The van der Waals surface area contributed by atoms with Crippen LogP contribution in [0.25, 0.3) is 0 Å². The van der Waals surface area contributed by atoms with Gasteiger partial charge in [-0.3, -0.25) is 4.79 Å². The Kier molecular flexibility index (Phi) is 6.37. The average Bonchev–Trinajstić information content (AvgIpc) is 3.11. The van der Waals surface area contributed by atoms with E-state index in [2.05, 4.69) is 16.9 Å². The average molecular weight is 477 g/mol. The fourth-order valence-corrected chi connectivity index (χ4v) is 4.37. The predicted octanol–water partition coefficient (Wildman–Crippen LogP) is 5.76. The Morgan fingerprint density at radius 3 is 2.52 bits per heavy atom. The van der Waals surface area contributed by atoms with Gasteiger partial charge in [0.2, 0.25) is 5.88 Å². The van der Waals surface area contributed by atoms with E-state index in [0.717, 1.165) is 5.56 Å². The van der Waals surface area contributed by atoms with Gasteiger partial charge in [0.05, 0.1) is 11.6 Å². The van der Waals surface area contributed by atoms with E-state index in [1.807, 2.05) is 29.2 Å². The predicted molar refractivity (Wildman–Crippen MR) is 122 cm³/mol. The highest BCUT2D eigenvalue weighted by atomic mass is 35.5. The Labute approximate surface area is 195 Å². The topological polar surface area (TPSA) is 55.3 Å². The molecule has 0 radical (unpaired) electrons. The summed E-state index contributed by atoms with van der Waals surface area (Å²) in [6.45, 7) is 3.58. The number of aromatic nitrogens is 2. The van der Waals surface area contributed by atoms with Crippen LogP contribution in [0.2, 0.25) is 15.2 Å². The zero-order chi connectivity index (χ0) is 22.0. The number of rotatable bonds is 5. The van der Waals surface area contributed by atoms with Gasteiger partial charge in [0.1, 0.15) is 5.15 Å². The van der Waals surface area contributed by atoms with Crippen molar-refractivity contribution >= 4 is 40.7 Å². The smallest absolute Gasteiger partial charge is 0.254 e. The second-order valence-electron chi connectivity index (χ2n) is 7.91. The zero-order valence-corrected chi connectivity index (χ0v) is 19.0. The lowest BCUT2D eigenvalue weighted by molar-refractivity contribution is 0.0758. The molecule has 2 atom stereocenters. The molecule has 1 saturated heterocycles. The zero-order valence-electron chi connectivity index (χ0n) is 16.8. The Balaban J connectivity index is 1.60. The van der Waals surface area contributed by atoms with Gasteiger partial charge < -0.3 is 9.64 Å². The molecule has 4 rings (SSSR count). The van der Waals surface area contributed by atoms with E-state index in [-0.39, 0.29) is 17.2 Å². The van der Waals surface area contributed by atoms with Crippen molar-refractivity contribution in [2.24, 2.45) is 5.41 Å². The lowest BCUT2D eigenvalue weighted by Gasteiger charge is -2.30. The number of benzene rings is 1. The molecule has 1 amide bonds. The third-order valence-corrected chi connectivity index (χ3v) is 6.26. The first-order chi connectivity index (χ1) is 14.8. The van der Waals surface area contributed by atoms with Crippen molar-refractivity contribution in [3.8, 4) is 5.88 Å². The Morgan fingerprint density at radius 1 is 1.10 bits per heavy atom. The highest BCUT2D eigenvalue weighted by Gasteiger charge is 2.46. The molecule has 1 fully saturated rings. The van der Waals surface area contributed by atoms with Gasteiger partial charge >= 0.3 is 0 Å². The van der Waals surface area contributed by atoms with Crippen molar-refractivity contribution in [2.45, 2.75) is 12.8 Å². The fraction of sp³-hybridized carbons (Fsp3) is 0.261. The van der Waals surface area contributed by atoms with Crippen LogP contribution >= 0.6 is 34.8 Å². The number of ether oxygens (including phenoxy) is 1. The van der Waals surface area contributed by atoms with Crippen molar-refractivity contribution in [3.05, 3.63) is 87.2 Å². The molecule has 3 aromatic rings. The quantitative estimate of drug-likeness (QED) is 0.439. The number of halogens is 3. The molecule has 8 heteroatoms. The number of pyridine rings is 2. The van der Waals surface area contributed by atoms with Crippen molar-refractivity contribution in [2.75, 3.05) is 19.7 Å². The van der Waals surface area contributed by atoms with Crippen LogP contribution in [0, 0.1) is 5.41 Å². The standard InChI is InChI=1S/C23H20Cl3N3O2/c1-23(14-31-21-7-6-18(25)11-28-21)13-29(22(30)16-8-9-27-20(26)10-16)12-19(23)15-2-4-17(24)5-3-15/h2-11,19H,12-14H2,1H3/t19-,23-/m1/s1. The summed E-state index contributed by atoms with van der Waals surface area (Å²) in [4.78, 5) is 23.2. The van der Waals surface area contributed by atoms with Crippen molar-refractivity contribution < 1.29 is 9.53 Å². The molecular weight excluding hydrogens is 457 g/mol. The van der Waals surface area contributed by atoms with Crippen LogP contribution in [-0.4, -0.2) is 40.5 Å². The molecule has 0 N–H and O–H groups in total. The van der Waals surface area contributed by atoms with E-state index in [0.29, 0.717) is 46.3 Å². The van der Waals surface area contributed by atoms with E-state index in [9.17, 15) is 4.79 Å². The van der Waals surface area contributed by atoms with E-state index in [1.165, 1.54) is 6.20 Å². The van der Waals surface area contributed by atoms with E-state index in [4.69, 9.17) is 39.5 Å². The molecule has 0 aliphatic carbocycles. The van der Waals surface area contributed by atoms with Gasteiger partial charge in [-0.1, -0.05) is 53.9 Å². The molecule has 31 heavy (non-hydrogen) atoms. The molecule has 0 bridgehead atoms. The fourth-order valence-electron chi connectivity index (χ4n) is 3.96. The minimum Gasteiger partial charge on any atom is -0.477 e. The second kappa shape index (κ2) is 9.03. The van der Waals surface area contributed by atoms with Crippen LogP contribution in [0.1, 0.15) is 28.8 Å². The Morgan fingerprint density at radius 2 is 1.84 bits per heavy atom. The molecule has 3 heterocycles. The van der Waals surface area contributed by atoms with Gasteiger partial charge in [0.15, 0.2) is 0 Å². The molecule has 0 unspecified atom stereocenters. The SMILES string of the molecule is C[C@]1(COc2ccc(Cl)cn2)CN(C(=O)c2ccnc(Cl)c2)C[C@@H]1c1ccc(Cl)cc1. The van der Waals surface area contributed by atoms with Crippen LogP contribution in [0.3, 0.4) is 0 Å². The second-order valence-corrected chi connectivity index (χ2v) is 9.17. The summed E-state index contributed by atoms with van der Waals surface area (Å²) in [6, 6.07) is 14.5. The van der Waals surface area contributed by atoms with Crippen LogP contribution in [-0.2, 0) is 0 Å². The molecule has 160 valence electrons. The molecule has 1 aliphatic rings. The maximum atomic E-state index is 13.2. The van der Waals surface area contributed by atoms with Gasteiger partial charge in [-0.05, 0) is 35.9 Å². The Bertz CT molecular complexity index is 1080. The number of carbonyl (C=O) groups is 1. The summed E-state index contributed by atoms with van der Waals surface area (Å²) >= 11 is 18.0. The summed E-state index contributed by atoms with van der Waals surface area (Å²) in [5.74, 6) is 0.459. The summed E-state index contributed by atoms with van der Waals surface area (Å²) in [5, 5.41) is 1.51. The number of hydrogen-bond donors (Lipinski definition) is 0. The maximum absolute atomic E-state index is 13.2. The first-order valence-corrected chi connectivity index (χ1v) is 10.9. The van der Waals surface area contributed by atoms with Crippen LogP contribution < -0.4 is 4.74 Å². The lowest BCUT2D eigenvalue weighted by Crippen LogP contribution is -2.35. The van der Waals surface area contributed by atoms with Gasteiger partial charge in [-0.25, -0.2) is 9.97 Å². The van der Waals surface area contributed by atoms with E-state index < -0.39 is 0 Å². The maximum Gasteiger partial charge on any atom is 0.254 e. The van der Waals surface area contributed by atoms with Gasteiger partial charge in [-0.2, -0.15) is 0 Å². The summed E-state index contributed by atoms with van der Waals surface area (Å²) in [5.41, 5.74) is 1.27. The third kappa shape index (κ3) is 4.95. The summed E-state index contributed by atoms with van der Waals surface area (Å²) in [7, 11) is 0. The van der Waals surface area contributed by atoms with Crippen LogP contribution in [0.15, 0.2) is 60.9 Å². The minimum absolute atomic E-state index is 0.0540. The molecular formula is C23H20Cl3N3O2. The van der Waals surface area contributed by atoms with Crippen molar-refractivity contribution in [1.82, 2.24) is 14.9 Å². The van der Waals surface area contributed by atoms with Gasteiger partial charge in [-0.15, -0.1) is 0 Å². The molecule has 0 saturated carbocycles. The number of likely N-dealkylation sites (tertiary alicyclic amines) is 1. The highest BCUT2D eigenvalue weighted by molar-refractivity contribution is 6.30. The monoisotopic (exact) mass is 475 g/mol. The summed E-state index contributed by atoms with van der Waals surface area (Å²) in [6.07, 6.45) is 3.09. The van der Waals surface area contributed by atoms with E-state index in [1.54, 1.807) is 30.5 Å². The molecule has 2 aromatic heterocycles. The third-order valence-electron chi connectivity index (χ3n) is 5.58. The summed E-state index contributed by atoms with van der Waals surface area (Å²) < 4.78 is 6.01. The van der Waals surface area contributed by atoms with E-state index >= 15 is 0 Å². The lowest BCUT2D eigenvalue weighted by atomic mass is 9.77. The Hall–Kier alpha value is -2.34. The molecule has 1 aliphatic heterocycles. The van der Waals surface area contributed by atoms with Crippen molar-refractivity contribution in [3.63, 3.8) is 0 Å². The first kappa shape index (κ1) is 21.9. The molecule has 5 nitrogen and oxygen atoms in total. The van der Waals surface area contributed by atoms with Crippen LogP contribution in [0.5, 0.6) is 5.88 Å². The van der Waals surface area contributed by atoms with Crippen molar-refractivity contribution in [1.29, 1.82) is 0 Å². The molecule has 1 aromatic carbocycles. The largest absolute Gasteiger partial charge is 0.477 e. The number of hydrogen-bond acceptors (Lipinski definition) is 4. The minimum atomic E-state index is -0.346. The van der Waals surface area contributed by atoms with Gasteiger partial charge in [0.25, 0.3) is 5.91 Å². The van der Waals surface area contributed by atoms with Crippen LogP contribution in [0.4, 0.5) is 0 Å². The highest BCUT2D eigenvalue weighted by Crippen LogP contribution is 2.43. The number of carbonyl (C=O) groups excluding carboxylic acids is 1. The number of nitrogens with zero attached hydrogens (tertiary/aromatic N) is 3. The number of amides is 1.